The second-order valence-electron chi connectivity index (χ2n) is 4.58. The minimum Gasteiger partial charge on any atom is -0.384 e. The SMILES string of the molecule is COCCC1=CCC=C1C(C)(C)C. The molecular weight excluding hydrogens is 160 g/mol. The van der Waals surface area contributed by atoms with E-state index in [0.717, 1.165) is 19.4 Å². The highest BCUT2D eigenvalue weighted by Crippen LogP contribution is 2.36. The molecule has 0 bridgehead atoms. The Morgan fingerprint density at radius 3 is 2.54 bits per heavy atom. The Bertz CT molecular complexity index is 228. The maximum absolute atomic E-state index is 5.10. The first-order valence-electron chi connectivity index (χ1n) is 4.94. The lowest BCUT2D eigenvalue weighted by Crippen LogP contribution is -2.10. The molecule has 0 saturated heterocycles. The molecule has 0 aliphatic heterocycles. The third kappa shape index (κ3) is 2.70. The Morgan fingerprint density at radius 2 is 2.00 bits per heavy atom. The number of hydrogen-bond acceptors (Lipinski definition) is 1. The molecule has 0 unspecified atom stereocenters. The minimum atomic E-state index is 0.288. The maximum atomic E-state index is 5.10. The van der Waals surface area contributed by atoms with Gasteiger partial charge in [0.2, 0.25) is 0 Å². The first-order valence-corrected chi connectivity index (χ1v) is 4.94. The number of rotatable bonds is 3. The van der Waals surface area contributed by atoms with Crippen molar-refractivity contribution in [3.63, 3.8) is 0 Å². The van der Waals surface area contributed by atoms with Crippen LogP contribution < -0.4 is 0 Å². The van der Waals surface area contributed by atoms with Crippen molar-refractivity contribution < 1.29 is 4.74 Å². The minimum absolute atomic E-state index is 0.288. The van der Waals surface area contributed by atoms with Gasteiger partial charge in [-0.05, 0) is 29.4 Å². The quantitative estimate of drug-likeness (QED) is 0.647. The van der Waals surface area contributed by atoms with E-state index in [1.807, 2.05) is 0 Å². The Hall–Kier alpha value is -0.560. The van der Waals surface area contributed by atoms with Gasteiger partial charge in [0.15, 0.2) is 0 Å². The van der Waals surface area contributed by atoms with Crippen molar-refractivity contribution in [2.24, 2.45) is 5.41 Å². The molecule has 0 aromatic rings. The molecule has 13 heavy (non-hydrogen) atoms. The van der Waals surface area contributed by atoms with E-state index in [1.54, 1.807) is 7.11 Å². The summed E-state index contributed by atoms with van der Waals surface area (Å²) in [5.74, 6) is 0. The smallest absolute Gasteiger partial charge is 0.0502 e. The molecule has 74 valence electrons. The summed E-state index contributed by atoms with van der Waals surface area (Å²) in [6.45, 7) is 7.64. The van der Waals surface area contributed by atoms with E-state index in [2.05, 4.69) is 32.9 Å². The first-order chi connectivity index (χ1) is 6.05. The molecule has 1 heteroatoms. The summed E-state index contributed by atoms with van der Waals surface area (Å²) in [6.07, 6.45) is 6.82. The van der Waals surface area contributed by atoms with Crippen molar-refractivity contribution in [3.8, 4) is 0 Å². The van der Waals surface area contributed by atoms with E-state index in [9.17, 15) is 0 Å². The fourth-order valence-corrected chi connectivity index (χ4v) is 1.80. The van der Waals surface area contributed by atoms with E-state index >= 15 is 0 Å². The Kier molecular flexibility index (Phi) is 3.32. The molecular formula is C12H20O. The summed E-state index contributed by atoms with van der Waals surface area (Å²) in [5, 5.41) is 0. The van der Waals surface area contributed by atoms with E-state index in [0.29, 0.717) is 0 Å². The van der Waals surface area contributed by atoms with Crippen LogP contribution in [-0.4, -0.2) is 13.7 Å². The van der Waals surface area contributed by atoms with Gasteiger partial charge in [-0.3, -0.25) is 0 Å². The van der Waals surface area contributed by atoms with Gasteiger partial charge >= 0.3 is 0 Å². The Labute approximate surface area is 81.5 Å². The maximum Gasteiger partial charge on any atom is 0.0502 e. The van der Waals surface area contributed by atoms with Crippen molar-refractivity contribution in [2.45, 2.75) is 33.6 Å². The van der Waals surface area contributed by atoms with Gasteiger partial charge in [0.05, 0.1) is 6.61 Å². The van der Waals surface area contributed by atoms with E-state index in [1.165, 1.54) is 11.1 Å². The van der Waals surface area contributed by atoms with Crippen molar-refractivity contribution in [1.82, 2.24) is 0 Å². The van der Waals surface area contributed by atoms with Gasteiger partial charge in [-0.2, -0.15) is 0 Å². The van der Waals surface area contributed by atoms with E-state index < -0.39 is 0 Å². The highest BCUT2D eigenvalue weighted by molar-refractivity contribution is 5.40. The predicted molar refractivity (Wildman–Crippen MR) is 56.7 cm³/mol. The third-order valence-electron chi connectivity index (χ3n) is 2.42. The summed E-state index contributed by atoms with van der Waals surface area (Å²) in [6, 6.07) is 0. The highest BCUT2D eigenvalue weighted by Gasteiger charge is 2.22. The topological polar surface area (TPSA) is 9.23 Å². The molecule has 0 amide bonds. The molecule has 0 heterocycles. The lowest BCUT2D eigenvalue weighted by molar-refractivity contribution is 0.202. The van der Waals surface area contributed by atoms with Crippen molar-refractivity contribution in [3.05, 3.63) is 23.3 Å². The van der Waals surface area contributed by atoms with Crippen molar-refractivity contribution in [2.75, 3.05) is 13.7 Å². The third-order valence-corrected chi connectivity index (χ3v) is 2.42. The van der Waals surface area contributed by atoms with Gasteiger partial charge in [-0.15, -0.1) is 0 Å². The summed E-state index contributed by atoms with van der Waals surface area (Å²) >= 11 is 0. The van der Waals surface area contributed by atoms with Gasteiger partial charge in [-0.1, -0.05) is 32.9 Å². The molecule has 1 rings (SSSR count). The van der Waals surface area contributed by atoms with Crippen molar-refractivity contribution in [1.29, 1.82) is 0 Å². The number of allylic oxidation sites excluding steroid dienone is 3. The largest absolute Gasteiger partial charge is 0.384 e. The Morgan fingerprint density at radius 1 is 1.31 bits per heavy atom. The van der Waals surface area contributed by atoms with Crippen LogP contribution in [0.15, 0.2) is 23.3 Å². The standard InChI is InChI=1S/C12H20O/c1-12(2,3)11-7-5-6-10(11)8-9-13-4/h6-7H,5,8-9H2,1-4H3. The van der Waals surface area contributed by atoms with Gasteiger partial charge in [-0.25, -0.2) is 0 Å². The molecule has 0 fully saturated rings. The van der Waals surface area contributed by atoms with Crippen LogP contribution >= 0.6 is 0 Å². The van der Waals surface area contributed by atoms with Crippen LogP contribution in [0.3, 0.4) is 0 Å². The van der Waals surface area contributed by atoms with Crippen LogP contribution in [0, 0.1) is 5.41 Å². The van der Waals surface area contributed by atoms with Crippen LogP contribution in [0.1, 0.15) is 33.6 Å². The summed E-state index contributed by atoms with van der Waals surface area (Å²) < 4.78 is 5.10. The molecule has 0 atom stereocenters. The van der Waals surface area contributed by atoms with Crippen LogP contribution in [0.4, 0.5) is 0 Å². The average Bonchev–Trinajstić information content (AvgIpc) is 2.47. The molecule has 0 aromatic carbocycles. The van der Waals surface area contributed by atoms with E-state index in [4.69, 9.17) is 4.74 Å². The second-order valence-corrected chi connectivity index (χ2v) is 4.58. The summed E-state index contributed by atoms with van der Waals surface area (Å²) in [7, 11) is 1.76. The monoisotopic (exact) mass is 180 g/mol. The molecule has 0 radical (unpaired) electrons. The highest BCUT2D eigenvalue weighted by atomic mass is 16.5. The predicted octanol–water partition coefficient (Wildman–Crippen LogP) is 3.33. The first kappa shape index (κ1) is 10.5. The number of hydrogen-bond donors (Lipinski definition) is 0. The molecule has 1 aliphatic carbocycles. The summed E-state index contributed by atoms with van der Waals surface area (Å²) in [5.41, 5.74) is 3.27. The second kappa shape index (κ2) is 4.10. The molecule has 0 spiro atoms. The molecule has 0 N–H and O–H groups in total. The van der Waals surface area contributed by atoms with Crippen LogP contribution in [0.25, 0.3) is 0 Å². The zero-order valence-corrected chi connectivity index (χ0v) is 9.18. The van der Waals surface area contributed by atoms with Crippen LogP contribution in [0.5, 0.6) is 0 Å². The molecule has 0 saturated carbocycles. The lowest BCUT2D eigenvalue weighted by atomic mass is 9.82. The van der Waals surface area contributed by atoms with Crippen LogP contribution in [-0.2, 0) is 4.74 Å². The molecule has 0 aromatic heterocycles. The Balaban J connectivity index is 2.62. The normalized spacial score (nSPS) is 17.2. The zero-order valence-electron chi connectivity index (χ0n) is 9.18. The van der Waals surface area contributed by atoms with E-state index in [-0.39, 0.29) is 5.41 Å². The van der Waals surface area contributed by atoms with Gasteiger partial charge in [0.1, 0.15) is 0 Å². The fraction of sp³-hybridized carbons (Fsp3) is 0.667. The van der Waals surface area contributed by atoms with Crippen LogP contribution in [0.2, 0.25) is 0 Å². The zero-order chi connectivity index (χ0) is 9.90. The summed E-state index contributed by atoms with van der Waals surface area (Å²) in [4.78, 5) is 0. The lowest BCUT2D eigenvalue weighted by Gasteiger charge is -2.23. The number of methoxy groups -OCH3 is 1. The molecule has 1 aliphatic rings. The average molecular weight is 180 g/mol. The van der Waals surface area contributed by atoms with Crippen molar-refractivity contribution >= 4 is 0 Å². The number of ether oxygens (including phenoxy) is 1. The molecule has 1 nitrogen and oxygen atoms in total. The van der Waals surface area contributed by atoms with Gasteiger partial charge < -0.3 is 4.74 Å². The van der Waals surface area contributed by atoms with Gasteiger partial charge in [0, 0.05) is 7.11 Å². The fourth-order valence-electron chi connectivity index (χ4n) is 1.80. The van der Waals surface area contributed by atoms with Gasteiger partial charge in [0.25, 0.3) is 0 Å².